The second-order valence-corrected chi connectivity index (χ2v) is 4.01. The van der Waals surface area contributed by atoms with Crippen molar-refractivity contribution in [1.82, 2.24) is 0 Å². The van der Waals surface area contributed by atoms with Gasteiger partial charge in [-0.25, -0.2) is 0 Å². The van der Waals surface area contributed by atoms with E-state index in [1.807, 2.05) is 0 Å². The Balaban J connectivity index is 2.56. The molecule has 0 saturated heterocycles. The molecule has 1 aromatic rings. The van der Waals surface area contributed by atoms with Crippen LogP contribution in [0.4, 0.5) is 0 Å². The van der Waals surface area contributed by atoms with Gasteiger partial charge in [0.2, 0.25) is 0 Å². The normalized spacial score (nSPS) is 20.7. The number of para-hydroxylation sites is 2. The lowest BCUT2D eigenvalue weighted by atomic mass is 10.3. The van der Waals surface area contributed by atoms with E-state index in [1.54, 1.807) is 12.1 Å². The van der Waals surface area contributed by atoms with Crippen molar-refractivity contribution in [3.8, 4) is 11.5 Å². The van der Waals surface area contributed by atoms with E-state index >= 15 is 0 Å². The molecule has 0 bridgehead atoms. The zero-order valence-corrected chi connectivity index (χ0v) is 7.69. The topological polar surface area (TPSA) is 72.8 Å². The van der Waals surface area contributed by atoms with E-state index < -0.39 is 15.2 Å². The predicted molar refractivity (Wildman–Crippen MR) is 47.3 cm³/mol. The van der Waals surface area contributed by atoms with Gasteiger partial charge in [-0.3, -0.25) is 0 Å². The molecule has 0 fully saturated rings. The van der Waals surface area contributed by atoms with E-state index in [2.05, 4.69) is 4.18 Å². The van der Waals surface area contributed by atoms with Gasteiger partial charge in [0.15, 0.2) is 11.5 Å². The summed E-state index contributed by atoms with van der Waals surface area (Å²) < 4.78 is 31.9. The van der Waals surface area contributed by atoms with Crippen molar-refractivity contribution in [2.45, 2.75) is 0 Å². The molecule has 0 aromatic heterocycles. The van der Waals surface area contributed by atoms with Gasteiger partial charge in [0.25, 0.3) is 5.09 Å². The third-order valence-electron chi connectivity index (χ3n) is 1.61. The third-order valence-corrected chi connectivity index (χ3v) is 2.69. The van der Waals surface area contributed by atoms with Crippen molar-refractivity contribution < 1.29 is 22.4 Å². The first-order chi connectivity index (χ1) is 6.63. The maximum absolute atomic E-state index is 11.2. The quantitative estimate of drug-likeness (QED) is 0.518. The molecule has 0 spiro atoms. The largest absolute Gasteiger partial charge is 0.511 e. The molecule has 1 aliphatic rings. The number of benzene rings is 1. The lowest BCUT2D eigenvalue weighted by molar-refractivity contribution is 0.349. The number of fused-ring (bicyclic) bond motifs is 1. The predicted octanol–water partition coefficient (Wildman–Crippen LogP) is 1.14. The molecule has 14 heavy (non-hydrogen) atoms. The fourth-order valence-corrected chi connectivity index (χ4v) is 1.79. The van der Waals surface area contributed by atoms with Gasteiger partial charge in [0, 0.05) is 0 Å². The van der Waals surface area contributed by atoms with Crippen LogP contribution in [0.2, 0.25) is 0 Å². The van der Waals surface area contributed by atoms with Gasteiger partial charge in [-0.1, -0.05) is 12.1 Å². The van der Waals surface area contributed by atoms with Crippen molar-refractivity contribution in [2.75, 3.05) is 0 Å². The minimum absolute atomic E-state index is 0.109. The van der Waals surface area contributed by atoms with E-state index in [0.29, 0.717) is 6.26 Å². The highest BCUT2D eigenvalue weighted by molar-refractivity contribution is 7.90. The summed E-state index contributed by atoms with van der Waals surface area (Å²) in [7, 11) is -4.00. The van der Waals surface area contributed by atoms with Crippen molar-refractivity contribution in [2.24, 2.45) is 0 Å². The molecule has 1 N–H and O–H groups in total. The van der Waals surface area contributed by atoms with Gasteiger partial charge < -0.3 is 14.0 Å². The Hall–Kier alpha value is -1.69. The van der Waals surface area contributed by atoms with Crippen LogP contribution in [0.15, 0.2) is 35.6 Å². The van der Waals surface area contributed by atoms with Crippen molar-refractivity contribution in [3.05, 3.63) is 35.6 Å². The van der Waals surface area contributed by atoms with E-state index in [9.17, 15) is 8.42 Å². The van der Waals surface area contributed by atoms with Crippen LogP contribution in [0.1, 0.15) is 0 Å². The lowest BCUT2D eigenvalue weighted by Crippen LogP contribution is -2.21. The standard InChI is InChI=1S/C8H6O5S/c9-5-8-12-6-3-1-2-4-7(6)13-14(8,10)11/h1-5,9H/b8-5-. The Bertz CT molecular complexity index is 488. The van der Waals surface area contributed by atoms with Crippen LogP contribution >= 0.6 is 0 Å². The van der Waals surface area contributed by atoms with Crippen molar-refractivity contribution in [3.63, 3.8) is 0 Å². The van der Waals surface area contributed by atoms with E-state index in [0.717, 1.165) is 0 Å². The molecule has 1 aliphatic heterocycles. The number of hydrogen-bond acceptors (Lipinski definition) is 5. The van der Waals surface area contributed by atoms with Gasteiger partial charge in [0.1, 0.15) is 6.26 Å². The Kier molecular flexibility index (Phi) is 1.85. The van der Waals surface area contributed by atoms with Crippen LogP contribution < -0.4 is 8.92 Å². The summed E-state index contributed by atoms with van der Waals surface area (Å²) in [4.78, 5) is 0. The van der Waals surface area contributed by atoms with Crippen LogP contribution in [0.5, 0.6) is 11.5 Å². The number of rotatable bonds is 0. The molecular weight excluding hydrogens is 208 g/mol. The van der Waals surface area contributed by atoms with E-state index in [4.69, 9.17) is 9.84 Å². The summed E-state index contributed by atoms with van der Waals surface area (Å²) in [5, 5.41) is 7.99. The first-order valence-electron chi connectivity index (χ1n) is 3.69. The molecule has 2 rings (SSSR count). The van der Waals surface area contributed by atoms with E-state index in [1.165, 1.54) is 12.1 Å². The fourth-order valence-electron chi connectivity index (χ4n) is 1.01. The molecule has 0 aliphatic carbocycles. The smallest absolute Gasteiger partial charge is 0.376 e. The third kappa shape index (κ3) is 1.29. The molecular formula is C8H6O5S. The minimum Gasteiger partial charge on any atom is -0.511 e. The second-order valence-electron chi connectivity index (χ2n) is 2.53. The summed E-state index contributed by atoms with van der Waals surface area (Å²) in [6.07, 6.45) is 0.352. The highest BCUT2D eigenvalue weighted by atomic mass is 32.2. The van der Waals surface area contributed by atoms with Crippen LogP contribution in [0.25, 0.3) is 0 Å². The Labute approximate surface area is 80.3 Å². The average molecular weight is 214 g/mol. The van der Waals surface area contributed by atoms with Crippen LogP contribution in [0.3, 0.4) is 0 Å². The number of aliphatic hydroxyl groups is 1. The summed E-state index contributed by atoms with van der Waals surface area (Å²) in [6.45, 7) is 0. The number of ether oxygens (including phenoxy) is 1. The molecule has 0 amide bonds. The number of hydrogen-bond donors (Lipinski definition) is 1. The Morgan fingerprint density at radius 2 is 1.86 bits per heavy atom. The molecule has 1 heterocycles. The molecule has 0 unspecified atom stereocenters. The summed E-state index contributed by atoms with van der Waals surface area (Å²) in [6, 6.07) is 6.27. The molecule has 74 valence electrons. The first kappa shape index (κ1) is 8.89. The SMILES string of the molecule is O=S1(=O)Oc2ccccc2O/C1=C/O. The molecule has 0 saturated carbocycles. The Morgan fingerprint density at radius 3 is 2.50 bits per heavy atom. The van der Waals surface area contributed by atoms with Gasteiger partial charge >= 0.3 is 10.1 Å². The van der Waals surface area contributed by atoms with Gasteiger partial charge in [-0.2, -0.15) is 8.42 Å². The monoisotopic (exact) mass is 214 g/mol. The van der Waals surface area contributed by atoms with Crippen molar-refractivity contribution >= 4 is 10.1 Å². The van der Waals surface area contributed by atoms with Crippen LogP contribution in [0, 0.1) is 0 Å². The van der Waals surface area contributed by atoms with Crippen molar-refractivity contribution in [1.29, 1.82) is 0 Å². The van der Waals surface area contributed by atoms with Crippen LogP contribution in [-0.2, 0) is 10.1 Å². The van der Waals surface area contributed by atoms with Gasteiger partial charge in [-0.15, -0.1) is 0 Å². The van der Waals surface area contributed by atoms with Gasteiger partial charge in [-0.05, 0) is 12.1 Å². The fraction of sp³-hybridized carbons (Fsp3) is 0. The molecule has 6 heteroatoms. The summed E-state index contributed by atoms with van der Waals surface area (Å²) in [5.74, 6) is 0.362. The summed E-state index contributed by atoms with van der Waals surface area (Å²) >= 11 is 0. The minimum atomic E-state index is -4.00. The van der Waals surface area contributed by atoms with E-state index in [-0.39, 0.29) is 11.5 Å². The molecule has 1 aromatic carbocycles. The maximum atomic E-state index is 11.2. The van der Waals surface area contributed by atoms with Crippen LogP contribution in [-0.4, -0.2) is 13.5 Å². The second kappa shape index (κ2) is 2.91. The highest BCUT2D eigenvalue weighted by Crippen LogP contribution is 2.35. The zero-order valence-electron chi connectivity index (χ0n) is 6.88. The lowest BCUT2D eigenvalue weighted by Gasteiger charge is -2.18. The average Bonchev–Trinajstić information content (AvgIpc) is 2.15. The maximum Gasteiger partial charge on any atom is 0.376 e. The first-order valence-corrected chi connectivity index (χ1v) is 5.10. The summed E-state index contributed by atoms with van der Waals surface area (Å²) in [5.41, 5.74) is 0. The zero-order chi connectivity index (χ0) is 10.2. The highest BCUT2D eigenvalue weighted by Gasteiger charge is 2.30. The molecule has 0 atom stereocenters. The number of aliphatic hydroxyl groups excluding tert-OH is 1. The molecule has 5 nitrogen and oxygen atoms in total. The molecule has 0 radical (unpaired) electrons. The Morgan fingerprint density at radius 1 is 1.21 bits per heavy atom. The van der Waals surface area contributed by atoms with Gasteiger partial charge in [0.05, 0.1) is 0 Å².